The van der Waals surface area contributed by atoms with Crippen LogP contribution < -0.4 is 14.9 Å². The standard InChI is InChI=1S/C23H21N3O4/c1-3-29-21-13-17(14-25-26-22(27)19-5-4-12-24-15-19)8-11-20(21)30-23(28)18-9-6-16(2)7-10-18/h4-15H,3H2,1-2H3,(H,26,27)/b25-14-. The van der Waals surface area contributed by atoms with Crippen LogP contribution in [0.5, 0.6) is 11.5 Å². The maximum atomic E-state index is 12.4. The van der Waals surface area contributed by atoms with Crippen LogP contribution in [0.1, 0.15) is 38.8 Å². The second-order valence-corrected chi connectivity index (χ2v) is 6.34. The smallest absolute Gasteiger partial charge is 0.343 e. The van der Waals surface area contributed by atoms with Crippen LogP contribution in [0.4, 0.5) is 0 Å². The topological polar surface area (TPSA) is 89.9 Å². The van der Waals surface area contributed by atoms with Crippen molar-refractivity contribution in [2.24, 2.45) is 5.10 Å². The summed E-state index contributed by atoms with van der Waals surface area (Å²) in [5.41, 5.74) is 5.02. The molecule has 0 fully saturated rings. The molecule has 3 aromatic rings. The van der Waals surface area contributed by atoms with Crippen LogP contribution in [0.3, 0.4) is 0 Å². The van der Waals surface area contributed by atoms with Crippen molar-refractivity contribution in [3.63, 3.8) is 0 Å². The minimum atomic E-state index is -0.471. The maximum absolute atomic E-state index is 12.4. The number of carbonyl (C=O) groups excluding carboxylic acids is 2. The van der Waals surface area contributed by atoms with Gasteiger partial charge in [0.2, 0.25) is 0 Å². The fourth-order valence-electron chi connectivity index (χ4n) is 2.53. The molecule has 0 saturated heterocycles. The monoisotopic (exact) mass is 403 g/mol. The highest BCUT2D eigenvalue weighted by atomic mass is 16.6. The SMILES string of the molecule is CCOc1cc(/C=N\NC(=O)c2cccnc2)ccc1OC(=O)c1ccc(C)cc1. The second-order valence-electron chi connectivity index (χ2n) is 6.34. The highest BCUT2D eigenvalue weighted by Crippen LogP contribution is 2.29. The number of aryl methyl sites for hydroxylation is 1. The normalized spacial score (nSPS) is 10.6. The zero-order valence-corrected chi connectivity index (χ0v) is 16.7. The van der Waals surface area contributed by atoms with E-state index in [9.17, 15) is 9.59 Å². The number of rotatable bonds is 7. The molecule has 0 saturated carbocycles. The summed E-state index contributed by atoms with van der Waals surface area (Å²) in [6, 6.07) is 15.4. The Bertz CT molecular complexity index is 1050. The number of carbonyl (C=O) groups is 2. The fourth-order valence-corrected chi connectivity index (χ4v) is 2.53. The molecular formula is C23H21N3O4. The minimum Gasteiger partial charge on any atom is -0.490 e. The van der Waals surface area contributed by atoms with Crippen molar-refractivity contribution < 1.29 is 19.1 Å². The van der Waals surface area contributed by atoms with Crippen molar-refractivity contribution >= 4 is 18.1 Å². The molecule has 0 aliphatic heterocycles. The molecule has 1 N–H and O–H groups in total. The van der Waals surface area contributed by atoms with E-state index in [4.69, 9.17) is 9.47 Å². The van der Waals surface area contributed by atoms with Crippen LogP contribution >= 0.6 is 0 Å². The molecular weight excluding hydrogens is 382 g/mol. The Morgan fingerprint density at radius 3 is 2.57 bits per heavy atom. The van der Waals surface area contributed by atoms with E-state index in [1.54, 1.807) is 48.7 Å². The van der Waals surface area contributed by atoms with Crippen LogP contribution in [0.15, 0.2) is 72.1 Å². The van der Waals surface area contributed by atoms with Crippen molar-refractivity contribution in [3.05, 3.63) is 89.2 Å². The Morgan fingerprint density at radius 2 is 1.87 bits per heavy atom. The molecule has 7 nitrogen and oxygen atoms in total. The number of benzene rings is 2. The lowest BCUT2D eigenvalue weighted by molar-refractivity contribution is 0.0728. The number of aromatic nitrogens is 1. The fraction of sp³-hybridized carbons (Fsp3) is 0.130. The predicted molar refractivity (Wildman–Crippen MR) is 113 cm³/mol. The molecule has 7 heteroatoms. The van der Waals surface area contributed by atoms with Crippen molar-refractivity contribution in [2.75, 3.05) is 6.61 Å². The first-order chi connectivity index (χ1) is 14.6. The Balaban J connectivity index is 1.70. The third-order valence-corrected chi connectivity index (χ3v) is 4.06. The zero-order chi connectivity index (χ0) is 21.3. The molecule has 0 atom stereocenters. The Labute approximate surface area is 174 Å². The van der Waals surface area contributed by atoms with Crippen molar-refractivity contribution in [3.8, 4) is 11.5 Å². The molecule has 0 aliphatic rings. The van der Waals surface area contributed by atoms with Crippen molar-refractivity contribution in [1.82, 2.24) is 10.4 Å². The quantitative estimate of drug-likeness (QED) is 0.281. The molecule has 2 aromatic carbocycles. The molecule has 0 spiro atoms. The molecule has 0 aliphatic carbocycles. The molecule has 1 amide bonds. The summed E-state index contributed by atoms with van der Waals surface area (Å²) in [5, 5.41) is 3.95. The Kier molecular flexibility index (Phi) is 6.89. The van der Waals surface area contributed by atoms with E-state index >= 15 is 0 Å². The second kappa shape index (κ2) is 9.97. The Hall–Kier alpha value is -4.00. The summed E-state index contributed by atoms with van der Waals surface area (Å²) in [7, 11) is 0. The first-order valence-corrected chi connectivity index (χ1v) is 9.36. The van der Waals surface area contributed by atoms with E-state index in [1.807, 2.05) is 26.0 Å². The van der Waals surface area contributed by atoms with Gasteiger partial charge in [0.15, 0.2) is 11.5 Å². The minimum absolute atomic E-state index is 0.305. The van der Waals surface area contributed by atoms with Crippen LogP contribution in [0.2, 0.25) is 0 Å². The third-order valence-electron chi connectivity index (χ3n) is 4.06. The van der Waals surface area contributed by atoms with Gasteiger partial charge in [0.05, 0.1) is 23.9 Å². The van der Waals surface area contributed by atoms with Gasteiger partial charge in [0.1, 0.15) is 0 Å². The molecule has 30 heavy (non-hydrogen) atoms. The summed E-state index contributed by atoms with van der Waals surface area (Å²) in [6.07, 6.45) is 4.51. The van der Waals surface area contributed by atoms with E-state index in [2.05, 4.69) is 15.5 Å². The lowest BCUT2D eigenvalue weighted by Gasteiger charge is -2.11. The first kappa shape index (κ1) is 20.7. The van der Waals surface area contributed by atoms with E-state index in [1.165, 1.54) is 12.4 Å². The van der Waals surface area contributed by atoms with Crippen LogP contribution in [0.25, 0.3) is 0 Å². The summed E-state index contributed by atoms with van der Waals surface area (Å²) >= 11 is 0. The summed E-state index contributed by atoms with van der Waals surface area (Å²) in [6.45, 7) is 4.18. The summed E-state index contributed by atoms with van der Waals surface area (Å²) in [5.74, 6) is -0.131. The molecule has 0 bridgehead atoms. The number of amides is 1. The number of hydrogen-bond donors (Lipinski definition) is 1. The molecule has 1 aromatic heterocycles. The van der Waals surface area contributed by atoms with Gasteiger partial charge < -0.3 is 9.47 Å². The number of hydrogen-bond acceptors (Lipinski definition) is 6. The van der Waals surface area contributed by atoms with Gasteiger partial charge in [0, 0.05) is 12.4 Å². The van der Waals surface area contributed by atoms with Crippen LogP contribution in [-0.2, 0) is 0 Å². The number of pyridine rings is 1. The van der Waals surface area contributed by atoms with E-state index < -0.39 is 5.97 Å². The average molecular weight is 403 g/mol. The van der Waals surface area contributed by atoms with Gasteiger partial charge in [-0.05, 0) is 61.9 Å². The molecule has 0 unspecified atom stereocenters. The number of ether oxygens (including phenoxy) is 2. The predicted octanol–water partition coefficient (Wildman–Crippen LogP) is 3.77. The number of nitrogens with zero attached hydrogens (tertiary/aromatic N) is 2. The molecule has 0 radical (unpaired) electrons. The number of esters is 1. The highest BCUT2D eigenvalue weighted by Gasteiger charge is 2.13. The summed E-state index contributed by atoms with van der Waals surface area (Å²) in [4.78, 5) is 28.3. The number of nitrogens with one attached hydrogen (secondary N) is 1. The van der Waals surface area contributed by atoms with E-state index in [0.29, 0.717) is 34.8 Å². The first-order valence-electron chi connectivity index (χ1n) is 9.36. The molecule has 1 heterocycles. The van der Waals surface area contributed by atoms with Gasteiger partial charge in [-0.15, -0.1) is 0 Å². The number of hydrazone groups is 1. The van der Waals surface area contributed by atoms with Gasteiger partial charge in [-0.25, -0.2) is 10.2 Å². The lowest BCUT2D eigenvalue weighted by Crippen LogP contribution is -2.17. The lowest BCUT2D eigenvalue weighted by atomic mass is 10.1. The van der Waals surface area contributed by atoms with Crippen molar-refractivity contribution in [1.29, 1.82) is 0 Å². The van der Waals surface area contributed by atoms with E-state index in [0.717, 1.165) is 5.56 Å². The van der Waals surface area contributed by atoms with Crippen molar-refractivity contribution in [2.45, 2.75) is 13.8 Å². The van der Waals surface area contributed by atoms with Gasteiger partial charge in [-0.2, -0.15) is 5.10 Å². The average Bonchev–Trinajstić information content (AvgIpc) is 2.76. The molecule has 152 valence electrons. The van der Waals surface area contributed by atoms with Crippen LogP contribution in [0, 0.1) is 6.92 Å². The maximum Gasteiger partial charge on any atom is 0.343 e. The summed E-state index contributed by atoms with van der Waals surface area (Å²) < 4.78 is 11.1. The Morgan fingerprint density at radius 1 is 1.07 bits per heavy atom. The van der Waals surface area contributed by atoms with Crippen LogP contribution in [-0.4, -0.2) is 29.7 Å². The van der Waals surface area contributed by atoms with Gasteiger partial charge in [-0.3, -0.25) is 9.78 Å². The van der Waals surface area contributed by atoms with E-state index in [-0.39, 0.29) is 5.91 Å². The van der Waals surface area contributed by atoms with Gasteiger partial charge in [-0.1, -0.05) is 17.7 Å². The largest absolute Gasteiger partial charge is 0.490 e. The molecule has 3 rings (SSSR count). The zero-order valence-electron chi connectivity index (χ0n) is 16.7. The van der Waals surface area contributed by atoms with Gasteiger partial charge in [0.25, 0.3) is 5.91 Å². The van der Waals surface area contributed by atoms with Gasteiger partial charge >= 0.3 is 5.97 Å². The third kappa shape index (κ3) is 5.51. The highest BCUT2D eigenvalue weighted by molar-refractivity contribution is 5.94.